The Morgan fingerprint density at radius 1 is 1.12 bits per heavy atom. The average Bonchev–Trinajstić information content (AvgIpc) is 3.43. The molecule has 34 heavy (non-hydrogen) atoms. The highest BCUT2D eigenvalue weighted by molar-refractivity contribution is 5.94. The zero-order valence-corrected chi connectivity index (χ0v) is 18.3. The van der Waals surface area contributed by atoms with Crippen molar-refractivity contribution in [3.8, 4) is 11.1 Å². The molecule has 1 aliphatic rings. The predicted octanol–water partition coefficient (Wildman–Crippen LogP) is 3.43. The Kier molecular flexibility index (Phi) is 6.72. The first-order valence-corrected chi connectivity index (χ1v) is 10.6. The van der Waals surface area contributed by atoms with Gasteiger partial charge in [-0.2, -0.15) is 0 Å². The van der Waals surface area contributed by atoms with E-state index in [2.05, 4.69) is 29.2 Å². The molecule has 0 saturated heterocycles. The summed E-state index contributed by atoms with van der Waals surface area (Å²) >= 11 is 0. The molecule has 1 aromatic heterocycles. The molecule has 9 nitrogen and oxygen atoms in total. The lowest BCUT2D eigenvalue weighted by molar-refractivity contribution is -0.137. The summed E-state index contributed by atoms with van der Waals surface area (Å²) in [6.07, 6.45) is 0.783. The zero-order valence-electron chi connectivity index (χ0n) is 18.3. The summed E-state index contributed by atoms with van der Waals surface area (Å²) in [5, 5.41) is 15.2. The number of aromatic nitrogens is 1. The summed E-state index contributed by atoms with van der Waals surface area (Å²) in [5.41, 5.74) is 4.44. The molecule has 2 amide bonds. The Labute approximate surface area is 195 Å². The number of carbonyl (C=O) groups excluding carboxylic acids is 2. The third kappa shape index (κ3) is 4.83. The Hall–Kier alpha value is -4.40. The van der Waals surface area contributed by atoms with Crippen molar-refractivity contribution in [2.75, 3.05) is 19.7 Å². The molecular weight excluding hydrogens is 438 g/mol. The topological polar surface area (TPSA) is 122 Å². The minimum absolute atomic E-state index is 0.0443. The minimum Gasteiger partial charge on any atom is -0.480 e. The van der Waals surface area contributed by atoms with Crippen LogP contribution < -0.4 is 5.32 Å². The molecule has 0 radical (unpaired) electrons. The van der Waals surface area contributed by atoms with Crippen molar-refractivity contribution < 1.29 is 28.8 Å². The van der Waals surface area contributed by atoms with E-state index in [1.165, 1.54) is 12.1 Å². The number of alkyl carbamates (subject to hydrolysis) is 1. The molecule has 9 heteroatoms. The van der Waals surface area contributed by atoms with E-state index >= 15 is 0 Å². The third-order valence-electron chi connectivity index (χ3n) is 5.49. The fourth-order valence-electron chi connectivity index (χ4n) is 4.01. The van der Waals surface area contributed by atoms with Crippen molar-refractivity contribution in [3.05, 3.63) is 89.8 Å². The van der Waals surface area contributed by atoms with Crippen LogP contribution in [0.4, 0.5) is 4.79 Å². The van der Waals surface area contributed by atoms with Crippen LogP contribution in [-0.4, -0.2) is 52.8 Å². The van der Waals surface area contributed by atoms with Crippen molar-refractivity contribution >= 4 is 18.0 Å². The van der Waals surface area contributed by atoms with Crippen molar-refractivity contribution in [2.45, 2.75) is 12.5 Å². The molecule has 1 heterocycles. The average molecular weight is 461 g/mol. The second-order valence-corrected chi connectivity index (χ2v) is 7.73. The maximum Gasteiger partial charge on any atom is 0.407 e. The molecule has 3 aromatic rings. The van der Waals surface area contributed by atoms with Gasteiger partial charge in [0.2, 0.25) is 0 Å². The number of carboxylic acids is 1. The van der Waals surface area contributed by atoms with Gasteiger partial charge in [0.1, 0.15) is 13.2 Å². The van der Waals surface area contributed by atoms with E-state index in [0.717, 1.165) is 27.2 Å². The fraction of sp³-hybridized carbons (Fsp3) is 0.200. The summed E-state index contributed by atoms with van der Waals surface area (Å²) in [5.74, 6) is -1.60. The van der Waals surface area contributed by atoms with Crippen LogP contribution in [0.2, 0.25) is 0 Å². The van der Waals surface area contributed by atoms with Gasteiger partial charge in [-0.3, -0.25) is 9.59 Å². The highest BCUT2D eigenvalue weighted by Crippen LogP contribution is 2.44. The number of carboxylic acid groups (broad SMARTS) is 1. The van der Waals surface area contributed by atoms with Gasteiger partial charge in [0.25, 0.3) is 5.91 Å². The number of rotatable bonds is 9. The lowest BCUT2D eigenvalue weighted by Gasteiger charge is -2.16. The molecule has 2 aromatic carbocycles. The second-order valence-electron chi connectivity index (χ2n) is 7.73. The van der Waals surface area contributed by atoms with Crippen LogP contribution in [-0.2, 0) is 16.1 Å². The van der Waals surface area contributed by atoms with E-state index in [9.17, 15) is 14.4 Å². The van der Waals surface area contributed by atoms with Crippen molar-refractivity contribution in [1.82, 2.24) is 15.4 Å². The van der Waals surface area contributed by atoms with Gasteiger partial charge >= 0.3 is 12.1 Å². The van der Waals surface area contributed by atoms with Gasteiger partial charge in [-0.15, -0.1) is 6.58 Å². The van der Waals surface area contributed by atoms with Crippen molar-refractivity contribution in [1.29, 1.82) is 0 Å². The molecule has 0 atom stereocenters. The molecular formula is C25H23N3O6. The van der Waals surface area contributed by atoms with Crippen LogP contribution in [0.25, 0.3) is 11.1 Å². The number of ether oxygens (including phenoxy) is 1. The Morgan fingerprint density at radius 2 is 1.76 bits per heavy atom. The first kappa shape index (κ1) is 22.8. The van der Waals surface area contributed by atoms with Gasteiger partial charge in [-0.1, -0.05) is 59.8 Å². The van der Waals surface area contributed by atoms with Gasteiger partial charge < -0.3 is 24.6 Å². The normalized spacial score (nSPS) is 11.9. The van der Waals surface area contributed by atoms with Crippen molar-refractivity contribution in [2.24, 2.45) is 0 Å². The van der Waals surface area contributed by atoms with E-state index in [4.69, 9.17) is 14.4 Å². The largest absolute Gasteiger partial charge is 0.480 e. The van der Waals surface area contributed by atoms with Crippen LogP contribution in [0.1, 0.15) is 33.3 Å². The number of carbonyl (C=O) groups is 3. The Bertz CT molecular complexity index is 1190. The zero-order chi connectivity index (χ0) is 24.1. The number of nitrogens with one attached hydrogen (secondary N) is 1. The smallest absolute Gasteiger partial charge is 0.407 e. The summed E-state index contributed by atoms with van der Waals surface area (Å²) in [6.45, 7) is 3.20. The van der Waals surface area contributed by atoms with Crippen LogP contribution in [0.5, 0.6) is 0 Å². The molecule has 1 aliphatic carbocycles. The minimum atomic E-state index is -1.16. The number of hydrogen-bond acceptors (Lipinski definition) is 6. The van der Waals surface area contributed by atoms with Gasteiger partial charge in [0.05, 0.1) is 6.54 Å². The van der Waals surface area contributed by atoms with E-state index in [1.54, 1.807) is 0 Å². The first-order chi connectivity index (χ1) is 16.5. The van der Waals surface area contributed by atoms with Crippen LogP contribution in [0.15, 0.2) is 71.8 Å². The first-order valence-electron chi connectivity index (χ1n) is 10.6. The Morgan fingerprint density at radius 3 is 2.38 bits per heavy atom. The maximum atomic E-state index is 12.5. The monoisotopic (exact) mass is 461 g/mol. The highest BCUT2D eigenvalue weighted by atomic mass is 16.5. The van der Waals surface area contributed by atoms with Crippen LogP contribution >= 0.6 is 0 Å². The standard InChI is InChI=1S/C25H23N3O6/c1-2-11-28(14-23(29)30)24(31)22-12-16(34-27-22)13-26-25(32)33-15-21-19-9-5-3-7-17(19)18-8-4-6-10-20(18)21/h2-10,12,21H,1,11,13-15H2,(H,26,32)(H,29,30). The number of benzene rings is 2. The SMILES string of the molecule is C=CCN(CC(=O)O)C(=O)c1cc(CNC(=O)OCC2c3ccccc3-c3ccccc32)on1. The van der Waals surface area contributed by atoms with Gasteiger partial charge in [-0.05, 0) is 22.3 Å². The van der Waals surface area contributed by atoms with Crippen LogP contribution in [0, 0.1) is 0 Å². The van der Waals surface area contributed by atoms with Crippen molar-refractivity contribution in [3.63, 3.8) is 0 Å². The van der Waals surface area contributed by atoms with Gasteiger partial charge in [-0.25, -0.2) is 4.79 Å². The molecule has 0 bridgehead atoms. The molecule has 4 rings (SSSR count). The Balaban J connectivity index is 1.33. The number of nitrogens with zero attached hydrogens (tertiary/aromatic N) is 2. The summed E-state index contributed by atoms with van der Waals surface area (Å²) < 4.78 is 10.6. The highest BCUT2D eigenvalue weighted by Gasteiger charge is 2.29. The van der Waals surface area contributed by atoms with Crippen LogP contribution in [0.3, 0.4) is 0 Å². The number of hydrogen-bond donors (Lipinski definition) is 2. The van der Waals surface area contributed by atoms with E-state index in [-0.39, 0.29) is 37.1 Å². The van der Waals surface area contributed by atoms with Gasteiger partial charge in [0, 0.05) is 18.5 Å². The number of amides is 2. The fourth-order valence-corrected chi connectivity index (χ4v) is 4.01. The maximum absolute atomic E-state index is 12.5. The number of fused-ring (bicyclic) bond motifs is 3. The second kappa shape index (κ2) is 10.0. The molecule has 0 aliphatic heterocycles. The van der Waals surface area contributed by atoms with E-state index in [0.29, 0.717) is 0 Å². The predicted molar refractivity (Wildman–Crippen MR) is 122 cm³/mol. The summed E-state index contributed by atoms with van der Waals surface area (Å²) in [6, 6.07) is 17.4. The third-order valence-corrected chi connectivity index (χ3v) is 5.49. The molecule has 2 N–H and O–H groups in total. The quantitative estimate of drug-likeness (QED) is 0.468. The molecule has 174 valence electrons. The molecule has 0 unspecified atom stereocenters. The van der Waals surface area contributed by atoms with E-state index < -0.39 is 24.5 Å². The summed E-state index contributed by atoms with van der Waals surface area (Å²) in [7, 11) is 0. The lowest BCUT2D eigenvalue weighted by atomic mass is 9.98. The van der Waals surface area contributed by atoms with Gasteiger partial charge in [0.15, 0.2) is 11.5 Å². The molecule has 0 fully saturated rings. The van der Waals surface area contributed by atoms with E-state index in [1.807, 2.05) is 36.4 Å². The number of aliphatic carboxylic acids is 1. The molecule has 0 spiro atoms. The lowest BCUT2D eigenvalue weighted by Crippen LogP contribution is -2.35. The molecule has 0 saturated carbocycles. The summed E-state index contributed by atoms with van der Waals surface area (Å²) in [4.78, 5) is 36.8.